The number of anilines is 3. The van der Waals surface area contributed by atoms with Crippen LogP contribution in [0, 0.1) is 6.07 Å². The van der Waals surface area contributed by atoms with Crippen molar-refractivity contribution in [1.82, 2.24) is 4.98 Å². The SMILES string of the molecule is [Ir].[c-]1cc(N(c2ccccc2)c2ccccc2)cc2c1-c1ncccc1C21c2ccccc2-c2ccccc21. The Morgan fingerprint density at radius 2 is 1.08 bits per heavy atom. The van der Waals surface area contributed by atoms with E-state index < -0.39 is 5.41 Å². The molecule has 6 aromatic rings. The topological polar surface area (TPSA) is 16.1 Å². The third-order valence-electron chi connectivity index (χ3n) is 8.02. The van der Waals surface area contributed by atoms with E-state index in [-0.39, 0.29) is 20.1 Å². The number of fused-ring (bicyclic) bond motifs is 10. The summed E-state index contributed by atoms with van der Waals surface area (Å²) in [5, 5.41) is 0. The summed E-state index contributed by atoms with van der Waals surface area (Å²) in [6.45, 7) is 0. The Balaban J connectivity index is 0.00000253. The molecule has 1 spiro atoms. The molecule has 0 N–H and O–H groups in total. The van der Waals surface area contributed by atoms with Crippen LogP contribution < -0.4 is 4.90 Å². The molecule has 1 aromatic heterocycles. The number of hydrogen-bond acceptors (Lipinski definition) is 2. The first-order chi connectivity index (χ1) is 18.9. The summed E-state index contributed by atoms with van der Waals surface area (Å²) >= 11 is 0. The standard InChI is InChI=1S/C36H23N2.Ir/c1-3-12-25(13-4-1)38(26-14-5-2-6-15-26)27-21-22-30-34(24-27)36(33-20-11-23-37-35(30)33)31-18-9-7-16-28(31)29-17-8-10-19-32(29)36;/h1-21,23-24H;/q-1;. The van der Waals surface area contributed by atoms with Crippen LogP contribution in [0.3, 0.4) is 0 Å². The molecule has 0 bridgehead atoms. The second kappa shape index (κ2) is 9.17. The number of para-hydroxylation sites is 2. The number of pyridine rings is 1. The Kier molecular flexibility index (Phi) is 5.59. The summed E-state index contributed by atoms with van der Waals surface area (Å²) < 4.78 is 0. The van der Waals surface area contributed by atoms with Gasteiger partial charge in [0.2, 0.25) is 0 Å². The summed E-state index contributed by atoms with van der Waals surface area (Å²) in [5.41, 5.74) is 12.6. The average Bonchev–Trinajstić information content (AvgIpc) is 3.46. The number of aromatic nitrogens is 1. The van der Waals surface area contributed by atoms with Gasteiger partial charge in [0.05, 0.1) is 0 Å². The molecule has 0 atom stereocenters. The van der Waals surface area contributed by atoms with Gasteiger partial charge in [-0.2, -0.15) is 0 Å². The zero-order chi connectivity index (χ0) is 25.1. The fraction of sp³-hybridized carbons (Fsp3) is 0.0278. The van der Waals surface area contributed by atoms with Gasteiger partial charge < -0.3 is 9.88 Å². The molecule has 1 heterocycles. The molecular formula is C36H23IrN2-. The first-order valence-electron chi connectivity index (χ1n) is 13.0. The minimum atomic E-state index is -0.433. The summed E-state index contributed by atoms with van der Waals surface area (Å²) in [6, 6.07) is 51.3. The molecule has 0 unspecified atom stereocenters. The average molecular weight is 676 g/mol. The third kappa shape index (κ3) is 3.27. The van der Waals surface area contributed by atoms with Crippen LogP contribution in [0.5, 0.6) is 0 Å². The van der Waals surface area contributed by atoms with Crippen LogP contribution in [0.4, 0.5) is 17.1 Å². The Hall–Kier alpha value is -4.30. The predicted octanol–water partition coefficient (Wildman–Crippen LogP) is 8.69. The van der Waals surface area contributed by atoms with Crippen LogP contribution in [-0.4, -0.2) is 4.98 Å². The number of benzene rings is 5. The minimum absolute atomic E-state index is 0. The Bertz CT molecular complexity index is 1730. The zero-order valence-corrected chi connectivity index (χ0v) is 23.4. The largest absolute Gasteiger partial charge is 0.352 e. The molecule has 1 radical (unpaired) electrons. The summed E-state index contributed by atoms with van der Waals surface area (Å²) in [5.74, 6) is 0. The van der Waals surface area contributed by atoms with Crippen molar-refractivity contribution >= 4 is 17.1 Å². The van der Waals surface area contributed by atoms with Crippen LogP contribution in [0.25, 0.3) is 22.4 Å². The molecule has 2 nitrogen and oxygen atoms in total. The van der Waals surface area contributed by atoms with Gasteiger partial charge in [-0.15, -0.1) is 29.3 Å². The normalized spacial score (nSPS) is 13.1. The van der Waals surface area contributed by atoms with Crippen LogP contribution in [0.2, 0.25) is 0 Å². The van der Waals surface area contributed by atoms with Gasteiger partial charge in [0.1, 0.15) is 0 Å². The molecule has 2 aliphatic rings. The van der Waals surface area contributed by atoms with Gasteiger partial charge in [-0.3, -0.25) is 0 Å². The Morgan fingerprint density at radius 3 is 1.69 bits per heavy atom. The van der Waals surface area contributed by atoms with Crippen molar-refractivity contribution in [2.75, 3.05) is 4.90 Å². The van der Waals surface area contributed by atoms with Crippen molar-refractivity contribution in [1.29, 1.82) is 0 Å². The molecule has 0 aliphatic heterocycles. The third-order valence-corrected chi connectivity index (χ3v) is 8.02. The van der Waals surface area contributed by atoms with Crippen molar-refractivity contribution < 1.29 is 20.1 Å². The first kappa shape index (κ1) is 23.8. The number of hydrogen-bond donors (Lipinski definition) is 0. The van der Waals surface area contributed by atoms with Crippen LogP contribution in [-0.2, 0) is 25.5 Å². The van der Waals surface area contributed by atoms with E-state index in [1.54, 1.807) is 0 Å². The van der Waals surface area contributed by atoms with Crippen molar-refractivity contribution in [2.45, 2.75) is 5.41 Å². The molecule has 39 heavy (non-hydrogen) atoms. The zero-order valence-electron chi connectivity index (χ0n) is 21.0. The molecule has 2 aliphatic carbocycles. The maximum atomic E-state index is 4.91. The molecule has 8 rings (SSSR count). The molecule has 187 valence electrons. The van der Waals surface area contributed by atoms with E-state index in [4.69, 9.17) is 4.98 Å². The van der Waals surface area contributed by atoms with Crippen LogP contribution in [0.1, 0.15) is 22.3 Å². The second-order valence-corrected chi connectivity index (χ2v) is 9.89. The van der Waals surface area contributed by atoms with Crippen LogP contribution in [0.15, 0.2) is 140 Å². The van der Waals surface area contributed by atoms with Gasteiger partial charge in [-0.25, -0.2) is 0 Å². The Morgan fingerprint density at radius 1 is 0.538 bits per heavy atom. The summed E-state index contributed by atoms with van der Waals surface area (Å²) in [7, 11) is 0. The van der Waals surface area contributed by atoms with Gasteiger partial charge in [0.15, 0.2) is 0 Å². The monoisotopic (exact) mass is 676 g/mol. The fourth-order valence-corrected chi connectivity index (χ4v) is 6.58. The van der Waals surface area contributed by atoms with E-state index >= 15 is 0 Å². The maximum absolute atomic E-state index is 4.91. The van der Waals surface area contributed by atoms with Gasteiger partial charge in [-0.1, -0.05) is 96.6 Å². The number of rotatable bonds is 3. The summed E-state index contributed by atoms with van der Waals surface area (Å²) in [4.78, 5) is 7.22. The molecular weight excluding hydrogens is 653 g/mol. The molecule has 3 heteroatoms. The van der Waals surface area contributed by atoms with Crippen molar-refractivity contribution in [3.63, 3.8) is 0 Å². The van der Waals surface area contributed by atoms with Crippen molar-refractivity contribution in [3.8, 4) is 22.4 Å². The van der Waals surface area contributed by atoms with E-state index in [0.717, 1.165) is 28.3 Å². The predicted molar refractivity (Wildman–Crippen MR) is 154 cm³/mol. The van der Waals surface area contributed by atoms with E-state index in [0.29, 0.717) is 0 Å². The van der Waals surface area contributed by atoms with Crippen molar-refractivity contribution in [3.05, 3.63) is 168 Å². The fourth-order valence-electron chi connectivity index (χ4n) is 6.58. The smallest absolute Gasteiger partial charge is 0.0371 e. The first-order valence-corrected chi connectivity index (χ1v) is 13.0. The molecule has 5 aromatic carbocycles. The number of nitrogens with zero attached hydrogens (tertiary/aromatic N) is 2. The quantitative estimate of drug-likeness (QED) is 0.174. The van der Waals surface area contributed by atoms with Gasteiger partial charge in [0.25, 0.3) is 0 Å². The Labute approximate surface area is 242 Å². The summed E-state index contributed by atoms with van der Waals surface area (Å²) in [6.07, 6.45) is 1.90. The van der Waals surface area contributed by atoms with Crippen molar-refractivity contribution in [2.24, 2.45) is 0 Å². The van der Waals surface area contributed by atoms with Gasteiger partial charge in [-0.05, 0) is 64.0 Å². The molecule has 0 amide bonds. The molecule has 0 saturated carbocycles. The molecule has 0 fully saturated rings. The van der Waals surface area contributed by atoms with Gasteiger partial charge >= 0.3 is 0 Å². The van der Waals surface area contributed by atoms with E-state index in [1.165, 1.54) is 33.4 Å². The van der Waals surface area contributed by atoms with E-state index in [1.807, 2.05) is 6.20 Å². The maximum Gasteiger partial charge on any atom is 0.0371 e. The second-order valence-electron chi connectivity index (χ2n) is 9.89. The minimum Gasteiger partial charge on any atom is -0.352 e. The van der Waals surface area contributed by atoms with E-state index in [9.17, 15) is 0 Å². The van der Waals surface area contributed by atoms with Gasteiger partial charge in [0, 0.05) is 43.1 Å². The molecule has 0 saturated heterocycles. The van der Waals surface area contributed by atoms with Crippen LogP contribution >= 0.6 is 0 Å². The van der Waals surface area contributed by atoms with E-state index in [2.05, 4.69) is 144 Å².